The molecule has 7 heteroatoms. The number of hydrogen-bond donors (Lipinski definition) is 1. The lowest BCUT2D eigenvalue weighted by atomic mass is 10.2. The van der Waals surface area contributed by atoms with E-state index in [1.165, 1.54) is 0 Å². The van der Waals surface area contributed by atoms with Crippen LogP contribution in [0.25, 0.3) is 0 Å². The molecule has 17 heavy (non-hydrogen) atoms. The van der Waals surface area contributed by atoms with E-state index < -0.39 is 21.5 Å². The lowest BCUT2D eigenvalue weighted by Crippen LogP contribution is -2.21. The maximum absolute atomic E-state index is 13.5. The molecule has 1 aliphatic heterocycles. The summed E-state index contributed by atoms with van der Waals surface area (Å²) in [5, 5.41) is 2.79. The SMILES string of the molecule is O=S1(=O)CCC(Nc2c(F)cc(F)cc2Br)C1. The predicted molar refractivity (Wildman–Crippen MR) is 64.7 cm³/mol. The second kappa shape index (κ2) is 4.53. The first-order valence-corrected chi connectivity index (χ1v) is 7.60. The minimum Gasteiger partial charge on any atom is -0.378 e. The van der Waals surface area contributed by atoms with Crippen molar-refractivity contribution in [1.29, 1.82) is 0 Å². The van der Waals surface area contributed by atoms with Crippen LogP contribution in [0.15, 0.2) is 16.6 Å². The first-order valence-electron chi connectivity index (χ1n) is 4.99. The Labute approximate surface area is 106 Å². The molecule has 0 aliphatic carbocycles. The summed E-state index contributed by atoms with van der Waals surface area (Å²) in [6.07, 6.45) is 0.436. The molecular formula is C10H10BrF2NO2S. The standard InChI is InChI=1S/C10H10BrF2NO2S/c11-8-3-6(12)4-9(13)10(8)14-7-1-2-17(15,16)5-7/h3-4,7,14H,1-2,5H2. The first-order chi connectivity index (χ1) is 7.87. The molecule has 0 radical (unpaired) electrons. The normalized spacial score (nSPS) is 22.6. The average molecular weight is 326 g/mol. The Kier molecular flexibility index (Phi) is 3.40. The Bertz CT molecular complexity index is 524. The lowest BCUT2D eigenvalue weighted by Gasteiger charge is -2.14. The average Bonchev–Trinajstić information content (AvgIpc) is 2.52. The van der Waals surface area contributed by atoms with Crippen LogP contribution in [-0.4, -0.2) is 26.0 Å². The number of nitrogens with one attached hydrogen (secondary N) is 1. The highest BCUT2D eigenvalue weighted by Gasteiger charge is 2.28. The van der Waals surface area contributed by atoms with Crippen molar-refractivity contribution < 1.29 is 17.2 Å². The third kappa shape index (κ3) is 2.95. The molecule has 1 N–H and O–H groups in total. The van der Waals surface area contributed by atoms with E-state index in [0.717, 1.165) is 12.1 Å². The number of anilines is 1. The van der Waals surface area contributed by atoms with Gasteiger partial charge >= 0.3 is 0 Å². The van der Waals surface area contributed by atoms with Crippen molar-refractivity contribution in [2.45, 2.75) is 12.5 Å². The number of halogens is 3. The van der Waals surface area contributed by atoms with Crippen LogP contribution in [0, 0.1) is 11.6 Å². The highest BCUT2D eigenvalue weighted by atomic mass is 79.9. The highest BCUT2D eigenvalue weighted by molar-refractivity contribution is 9.10. The fraction of sp³-hybridized carbons (Fsp3) is 0.400. The Morgan fingerprint density at radius 3 is 2.59 bits per heavy atom. The van der Waals surface area contributed by atoms with E-state index in [2.05, 4.69) is 21.2 Å². The molecule has 1 saturated heterocycles. The zero-order valence-corrected chi connectivity index (χ0v) is 11.1. The van der Waals surface area contributed by atoms with Crippen LogP contribution in [0.4, 0.5) is 14.5 Å². The van der Waals surface area contributed by atoms with E-state index in [-0.39, 0.29) is 27.7 Å². The van der Waals surface area contributed by atoms with E-state index in [1.807, 2.05) is 0 Å². The van der Waals surface area contributed by atoms with E-state index in [9.17, 15) is 17.2 Å². The molecule has 1 atom stereocenters. The molecule has 0 aromatic heterocycles. The fourth-order valence-electron chi connectivity index (χ4n) is 1.79. The Morgan fingerprint density at radius 2 is 2.06 bits per heavy atom. The number of sulfone groups is 1. The summed E-state index contributed by atoms with van der Waals surface area (Å²) in [5.74, 6) is -1.33. The van der Waals surface area contributed by atoms with Crippen LogP contribution in [0.3, 0.4) is 0 Å². The minimum atomic E-state index is -3.02. The molecule has 1 aliphatic rings. The largest absolute Gasteiger partial charge is 0.378 e. The van der Waals surface area contributed by atoms with Gasteiger partial charge in [0.15, 0.2) is 9.84 Å². The van der Waals surface area contributed by atoms with Gasteiger partial charge in [-0.15, -0.1) is 0 Å². The maximum Gasteiger partial charge on any atom is 0.152 e. The van der Waals surface area contributed by atoms with Gasteiger partial charge in [-0.1, -0.05) is 0 Å². The maximum atomic E-state index is 13.5. The Morgan fingerprint density at radius 1 is 1.35 bits per heavy atom. The summed E-state index contributed by atoms with van der Waals surface area (Å²) in [6, 6.07) is 1.57. The summed E-state index contributed by atoms with van der Waals surface area (Å²) in [7, 11) is -3.02. The number of rotatable bonds is 2. The van der Waals surface area contributed by atoms with Crippen molar-refractivity contribution in [2.24, 2.45) is 0 Å². The van der Waals surface area contributed by atoms with Crippen LogP contribution in [-0.2, 0) is 9.84 Å². The monoisotopic (exact) mass is 325 g/mol. The van der Waals surface area contributed by atoms with Gasteiger partial charge in [0.1, 0.15) is 11.6 Å². The fourth-order valence-corrected chi connectivity index (χ4v) is 3.99. The zero-order chi connectivity index (χ0) is 12.6. The number of hydrogen-bond acceptors (Lipinski definition) is 3. The van der Waals surface area contributed by atoms with Crippen molar-refractivity contribution in [2.75, 3.05) is 16.8 Å². The lowest BCUT2D eigenvalue weighted by molar-refractivity contribution is 0.581. The van der Waals surface area contributed by atoms with Crippen molar-refractivity contribution in [3.05, 3.63) is 28.2 Å². The summed E-state index contributed by atoms with van der Waals surface area (Å²) in [6.45, 7) is 0. The van der Waals surface area contributed by atoms with Crippen LogP contribution in [0.1, 0.15) is 6.42 Å². The summed E-state index contributed by atoms with van der Waals surface area (Å²) < 4.78 is 49.1. The van der Waals surface area contributed by atoms with Crippen molar-refractivity contribution in [3.63, 3.8) is 0 Å². The van der Waals surface area contributed by atoms with Crippen molar-refractivity contribution in [3.8, 4) is 0 Å². The highest BCUT2D eigenvalue weighted by Crippen LogP contribution is 2.29. The topological polar surface area (TPSA) is 46.2 Å². The molecule has 1 fully saturated rings. The van der Waals surface area contributed by atoms with Gasteiger partial charge in [0.05, 0.1) is 17.2 Å². The predicted octanol–water partition coefficient (Wildman–Crippen LogP) is 2.33. The molecule has 0 spiro atoms. The van der Waals surface area contributed by atoms with Crippen molar-refractivity contribution >= 4 is 31.5 Å². The Hall–Kier alpha value is -0.690. The molecule has 0 bridgehead atoms. The van der Waals surface area contributed by atoms with Crippen LogP contribution in [0.5, 0.6) is 0 Å². The van der Waals surface area contributed by atoms with E-state index in [4.69, 9.17) is 0 Å². The molecule has 3 nitrogen and oxygen atoms in total. The van der Waals surface area contributed by atoms with Gasteiger partial charge in [-0.05, 0) is 28.4 Å². The van der Waals surface area contributed by atoms with E-state index in [0.29, 0.717) is 6.42 Å². The number of benzene rings is 1. The second-order valence-corrected chi connectivity index (χ2v) is 7.07. The minimum absolute atomic E-state index is 0.0176. The quantitative estimate of drug-likeness (QED) is 0.907. The second-order valence-electron chi connectivity index (χ2n) is 3.99. The molecule has 1 aromatic carbocycles. The van der Waals surface area contributed by atoms with Gasteiger partial charge in [0, 0.05) is 16.6 Å². The first kappa shape index (κ1) is 12.8. The van der Waals surface area contributed by atoms with Gasteiger partial charge in [0.25, 0.3) is 0 Å². The third-order valence-electron chi connectivity index (χ3n) is 2.59. The molecular weight excluding hydrogens is 316 g/mol. The molecule has 1 aromatic rings. The van der Waals surface area contributed by atoms with Gasteiger partial charge in [-0.3, -0.25) is 0 Å². The van der Waals surface area contributed by atoms with E-state index in [1.54, 1.807) is 0 Å². The van der Waals surface area contributed by atoms with Crippen molar-refractivity contribution in [1.82, 2.24) is 0 Å². The summed E-state index contributed by atoms with van der Waals surface area (Å²) >= 11 is 3.04. The third-order valence-corrected chi connectivity index (χ3v) is 4.98. The molecule has 2 rings (SSSR count). The van der Waals surface area contributed by atoms with Crippen LogP contribution >= 0.6 is 15.9 Å². The summed E-state index contributed by atoms with van der Waals surface area (Å²) in [5.41, 5.74) is 0.105. The van der Waals surface area contributed by atoms with Crippen LogP contribution < -0.4 is 5.32 Å². The summed E-state index contributed by atoms with van der Waals surface area (Å²) in [4.78, 5) is 0. The van der Waals surface area contributed by atoms with Gasteiger partial charge in [-0.25, -0.2) is 17.2 Å². The van der Waals surface area contributed by atoms with E-state index >= 15 is 0 Å². The molecule has 1 heterocycles. The van der Waals surface area contributed by atoms with Gasteiger partial charge < -0.3 is 5.32 Å². The Balaban J connectivity index is 2.20. The molecule has 0 saturated carbocycles. The smallest absolute Gasteiger partial charge is 0.152 e. The zero-order valence-electron chi connectivity index (χ0n) is 8.71. The molecule has 0 amide bonds. The van der Waals surface area contributed by atoms with Gasteiger partial charge in [-0.2, -0.15) is 0 Å². The molecule has 94 valence electrons. The molecule has 1 unspecified atom stereocenters. The van der Waals surface area contributed by atoms with Crippen LogP contribution in [0.2, 0.25) is 0 Å². The van der Waals surface area contributed by atoms with Gasteiger partial charge in [0.2, 0.25) is 0 Å².